The first-order chi connectivity index (χ1) is 8.29. The Hall–Kier alpha value is -0.860. The topological polar surface area (TPSA) is 20.3 Å². The first kappa shape index (κ1) is 12.6. The second-order valence-corrected chi connectivity index (χ2v) is 5.03. The van der Waals surface area contributed by atoms with Crippen LogP contribution >= 0.6 is 11.6 Å². The van der Waals surface area contributed by atoms with Gasteiger partial charge in [0.1, 0.15) is 0 Å². The third-order valence-electron chi connectivity index (χ3n) is 3.25. The van der Waals surface area contributed by atoms with Gasteiger partial charge in [-0.25, -0.2) is 0 Å². The van der Waals surface area contributed by atoms with Crippen molar-refractivity contribution in [3.63, 3.8) is 0 Å². The van der Waals surface area contributed by atoms with E-state index < -0.39 is 0 Å². The van der Waals surface area contributed by atoms with Crippen molar-refractivity contribution in [1.29, 1.82) is 0 Å². The molecule has 0 bridgehead atoms. The summed E-state index contributed by atoms with van der Waals surface area (Å²) in [6, 6.07) is 10.3. The predicted molar refractivity (Wildman–Crippen MR) is 70.2 cm³/mol. The molecule has 0 aliphatic carbocycles. The fraction of sp³-hybridized carbons (Fsp3) is 0.500. The number of ketones is 1. The molecule has 1 saturated heterocycles. The second kappa shape index (κ2) is 6.18. The molecule has 2 rings (SSSR count). The van der Waals surface area contributed by atoms with Gasteiger partial charge in [-0.3, -0.25) is 9.69 Å². The monoisotopic (exact) mass is 251 g/mol. The molecule has 1 atom stereocenters. The molecule has 2 nitrogen and oxygen atoms in total. The Bertz CT molecular complexity index is 366. The number of alkyl halides is 1. The van der Waals surface area contributed by atoms with Crippen LogP contribution in [-0.4, -0.2) is 29.7 Å². The number of hydrogen-bond donors (Lipinski definition) is 0. The van der Waals surface area contributed by atoms with Crippen LogP contribution in [0.3, 0.4) is 0 Å². The van der Waals surface area contributed by atoms with Gasteiger partial charge in [0.15, 0.2) is 5.78 Å². The summed E-state index contributed by atoms with van der Waals surface area (Å²) < 4.78 is 0. The maximum absolute atomic E-state index is 11.8. The van der Waals surface area contributed by atoms with Crippen molar-refractivity contribution in [3.8, 4) is 0 Å². The lowest BCUT2D eigenvalue weighted by molar-refractivity contribution is -0.120. The van der Waals surface area contributed by atoms with Gasteiger partial charge >= 0.3 is 0 Å². The Morgan fingerprint density at radius 3 is 2.76 bits per heavy atom. The standard InChI is InChI=1S/C14H18ClNO/c15-8-4-7-13-10-16(11-14(13)17)9-12-5-2-1-3-6-12/h1-3,5-6,13H,4,7-11H2. The number of hydrogen-bond acceptors (Lipinski definition) is 2. The molecule has 0 radical (unpaired) electrons. The lowest BCUT2D eigenvalue weighted by Crippen LogP contribution is -2.20. The van der Waals surface area contributed by atoms with Crippen LogP contribution in [0.1, 0.15) is 18.4 Å². The van der Waals surface area contributed by atoms with Crippen molar-refractivity contribution in [2.24, 2.45) is 5.92 Å². The fourth-order valence-electron chi connectivity index (χ4n) is 2.37. The zero-order chi connectivity index (χ0) is 12.1. The van der Waals surface area contributed by atoms with E-state index in [9.17, 15) is 4.79 Å². The molecule has 1 unspecified atom stereocenters. The highest BCUT2D eigenvalue weighted by Gasteiger charge is 2.29. The molecule has 1 heterocycles. The van der Waals surface area contributed by atoms with Crippen LogP contribution in [0, 0.1) is 5.92 Å². The van der Waals surface area contributed by atoms with Crippen LogP contribution in [0.25, 0.3) is 0 Å². The van der Waals surface area contributed by atoms with Gasteiger partial charge in [-0.05, 0) is 18.4 Å². The van der Waals surface area contributed by atoms with E-state index in [2.05, 4.69) is 17.0 Å². The van der Waals surface area contributed by atoms with Crippen LogP contribution in [0.15, 0.2) is 30.3 Å². The summed E-state index contributed by atoms with van der Waals surface area (Å²) in [5.41, 5.74) is 1.28. The first-order valence-electron chi connectivity index (χ1n) is 6.14. The maximum atomic E-state index is 11.8. The van der Waals surface area contributed by atoms with Crippen LogP contribution in [0.5, 0.6) is 0 Å². The van der Waals surface area contributed by atoms with Gasteiger partial charge < -0.3 is 0 Å². The highest BCUT2D eigenvalue weighted by molar-refractivity contribution is 6.17. The average Bonchev–Trinajstić information content (AvgIpc) is 2.68. The lowest BCUT2D eigenvalue weighted by atomic mass is 10.0. The molecule has 92 valence electrons. The highest BCUT2D eigenvalue weighted by Crippen LogP contribution is 2.20. The molecule has 0 saturated carbocycles. The summed E-state index contributed by atoms with van der Waals surface area (Å²) in [5, 5.41) is 0. The van der Waals surface area contributed by atoms with Gasteiger partial charge in [-0.1, -0.05) is 30.3 Å². The van der Waals surface area contributed by atoms with Crippen molar-refractivity contribution in [2.75, 3.05) is 19.0 Å². The van der Waals surface area contributed by atoms with E-state index in [0.717, 1.165) is 25.9 Å². The summed E-state index contributed by atoms with van der Waals surface area (Å²) in [4.78, 5) is 14.0. The molecule has 1 aromatic carbocycles. The Labute approximate surface area is 108 Å². The van der Waals surface area contributed by atoms with E-state index in [1.54, 1.807) is 0 Å². The van der Waals surface area contributed by atoms with E-state index in [4.69, 9.17) is 11.6 Å². The molecule has 1 aromatic rings. The fourth-order valence-corrected chi connectivity index (χ4v) is 2.52. The molecule has 0 aromatic heterocycles. The highest BCUT2D eigenvalue weighted by atomic mass is 35.5. The summed E-state index contributed by atoms with van der Waals surface area (Å²) in [6.45, 7) is 2.37. The average molecular weight is 252 g/mol. The van der Waals surface area contributed by atoms with Crippen molar-refractivity contribution < 1.29 is 4.79 Å². The molecule has 3 heteroatoms. The van der Waals surface area contributed by atoms with Crippen LogP contribution in [0.4, 0.5) is 0 Å². The number of benzene rings is 1. The number of carbonyl (C=O) groups is 1. The van der Waals surface area contributed by atoms with Crippen LogP contribution in [-0.2, 0) is 11.3 Å². The molecule has 1 aliphatic rings. The van der Waals surface area contributed by atoms with E-state index in [1.165, 1.54) is 5.56 Å². The predicted octanol–water partition coefficient (Wildman–Crippen LogP) is 2.71. The van der Waals surface area contributed by atoms with Crippen molar-refractivity contribution in [3.05, 3.63) is 35.9 Å². The van der Waals surface area contributed by atoms with Crippen LogP contribution in [0.2, 0.25) is 0 Å². The van der Waals surface area contributed by atoms with Gasteiger partial charge in [0, 0.05) is 24.9 Å². The van der Waals surface area contributed by atoms with Gasteiger partial charge in [0.25, 0.3) is 0 Å². The van der Waals surface area contributed by atoms with Crippen molar-refractivity contribution in [2.45, 2.75) is 19.4 Å². The van der Waals surface area contributed by atoms with Gasteiger partial charge in [-0.15, -0.1) is 11.6 Å². The van der Waals surface area contributed by atoms with E-state index in [1.807, 2.05) is 18.2 Å². The van der Waals surface area contributed by atoms with Gasteiger partial charge in [0.05, 0.1) is 6.54 Å². The molecule has 0 N–H and O–H groups in total. The number of rotatable bonds is 5. The zero-order valence-corrected chi connectivity index (χ0v) is 10.7. The Kier molecular flexibility index (Phi) is 4.57. The van der Waals surface area contributed by atoms with E-state index in [-0.39, 0.29) is 5.92 Å². The molecule has 1 fully saturated rings. The third kappa shape index (κ3) is 3.55. The summed E-state index contributed by atoms with van der Waals surface area (Å²) in [5.74, 6) is 1.24. The van der Waals surface area contributed by atoms with Gasteiger partial charge in [0.2, 0.25) is 0 Å². The number of Topliss-reactive ketones (excluding diaryl/α,β-unsaturated/α-hetero) is 1. The summed E-state index contributed by atoms with van der Waals surface area (Å²) in [7, 11) is 0. The summed E-state index contributed by atoms with van der Waals surface area (Å²) >= 11 is 5.67. The molecule has 0 amide bonds. The van der Waals surface area contributed by atoms with Gasteiger partial charge in [-0.2, -0.15) is 0 Å². The SMILES string of the molecule is O=C1CN(Cc2ccccc2)CC1CCCCl. The Morgan fingerprint density at radius 1 is 1.29 bits per heavy atom. The largest absolute Gasteiger partial charge is 0.298 e. The first-order valence-corrected chi connectivity index (χ1v) is 6.68. The number of likely N-dealkylation sites (tertiary alicyclic amines) is 1. The zero-order valence-electron chi connectivity index (χ0n) is 9.94. The Balaban J connectivity index is 1.86. The quantitative estimate of drug-likeness (QED) is 0.750. The number of carbonyl (C=O) groups excluding carboxylic acids is 1. The minimum Gasteiger partial charge on any atom is -0.298 e. The van der Waals surface area contributed by atoms with Crippen molar-refractivity contribution in [1.82, 2.24) is 4.90 Å². The molecular weight excluding hydrogens is 234 g/mol. The second-order valence-electron chi connectivity index (χ2n) is 4.65. The lowest BCUT2D eigenvalue weighted by Gasteiger charge is -2.14. The van der Waals surface area contributed by atoms with Crippen LogP contribution < -0.4 is 0 Å². The molecule has 1 aliphatic heterocycles. The number of halogens is 1. The maximum Gasteiger partial charge on any atom is 0.151 e. The van der Waals surface area contributed by atoms with E-state index >= 15 is 0 Å². The summed E-state index contributed by atoms with van der Waals surface area (Å²) in [6.07, 6.45) is 1.88. The Morgan fingerprint density at radius 2 is 2.06 bits per heavy atom. The number of nitrogens with zero attached hydrogens (tertiary/aromatic N) is 1. The molecular formula is C14H18ClNO. The molecule has 17 heavy (non-hydrogen) atoms. The van der Waals surface area contributed by atoms with E-state index in [0.29, 0.717) is 18.2 Å². The van der Waals surface area contributed by atoms with Crippen molar-refractivity contribution >= 4 is 17.4 Å². The minimum atomic E-state index is 0.206. The minimum absolute atomic E-state index is 0.206. The third-order valence-corrected chi connectivity index (χ3v) is 3.52. The molecule has 0 spiro atoms. The normalized spacial score (nSPS) is 21.0. The smallest absolute Gasteiger partial charge is 0.151 e.